The highest BCUT2D eigenvalue weighted by Crippen LogP contribution is 2.20. The van der Waals surface area contributed by atoms with Crippen molar-refractivity contribution in [1.29, 1.82) is 0 Å². The summed E-state index contributed by atoms with van der Waals surface area (Å²) in [6.07, 6.45) is 2.67. The Bertz CT molecular complexity index is 881. The number of anilines is 1. The zero-order chi connectivity index (χ0) is 17.2. The number of benzene rings is 1. The van der Waals surface area contributed by atoms with Gasteiger partial charge in [-0.05, 0) is 18.6 Å². The van der Waals surface area contributed by atoms with Gasteiger partial charge in [-0.1, -0.05) is 25.1 Å². The Kier molecular flexibility index (Phi) is 4.09. The molecular formula is C19H21N5O. The summed E-state index contributed by atoms with van der Waals surface area (Å²) in [5.74, 6) is 1.16. The molecule has 4 rings (SSSR count). The van der Waals surface area contributed by atoms with Gasteiger partial charge >= 0.3 is 0 Å². The minimum atomic E-state index is 0.105. The van der Waals surface area contributed by atoms with E-state index in [1.165, 1.54) is 0 Å². The van der Waals surface area contributed by atoms with Crippen LogP contribution in [0.3, 0.4) is 0 Å². The lowest BCUT2D eigenvalue weighted by molar-refractivity contribution is 0.0746. The first-order valence-electron chi connectivity index (χ1n) is 8.69. The standard InChI is InChI=1S/C19H21N5O/c1-2-16-14-18(24-17(21-16)8-9-20-24)22-10-12-23(13-11-22)19(25)15-6-4-3-5-7-15/h3-9,14H,2,10-13H2,1H3. The molecule has 1 amide bonds. The van der Waals surface area contributed by atoms with Gasteiger partial charge in [0.05, 0.1) is 6.20 Å². The van der Waals surface area contributed by atoms with Crippen molar-refractivity contribution in [3.8, 4) is 0 Å². The summed E-state index contributed by atoms with van der Waals surface area (Å²) < 4.78 is 1.88. The fraction of sp³-hybridized carbons (Fsp3) is 0.316. The van der Waals surface area contributed by atoms with Crippen LogP contribution in [0.1, 0.15) is 23.0 Å². The van der Waals surface area contributed by atoms with E-state index in [0.29, 0.717) is 13.1 Å². The van der Waals surface area contributed by atoms with E-state index in [0.717, 1.165) is 42.2 Å². The number of carbonyl (C=O) groups is 1. The van der Waals surface area contributed by atoms with Crippen molar-refractivity contribution in [1.82, 2.24) is 19.5 Å². The second kappa shape index (κ2) is 6.55. The maximum Gasteiger partial charge on any atom is 0.253 e. The summed E-state index contributed by atoms with van der Waals surface area (Å²) in [6.45, 7) is 5.11. The highest BCUT2D eigenvalue weighted by Gasteiger charge is 2.24. The maximum absolute atomic E-state index is 12.6. The molecule has 1 fully saturated rings. The molecule has 1 aromatic carbocycles. The Morgan fingerprint density at radius 1 is 1.08 bits per heavy atom. The number of aromatic nitrogens is 3. The fourth-order valence-corrected chi connectivity index (χ4v) is 3.26. The first kappa shape index (κ1) is 15.6. The van der Waals surface area contributed by atoms with Crippen LogP contribution in [0.4, 0.5) is 5.82 Å². The summed E-state index contributed by atoms with van der Waals surface area (Å²) in [5.41, 5.74) is 2.69. The summed E-state index contributed by atoms with van der Waals surface area (Å²) in [6, 6.07) is 13.5. The maximum atomic E-state index is 12.6. The highest BCUT2D eigenvalue weighted by atomic mass is 16.2. The van der Waals surface area contributed by atoms with Crippen LogP contribution in [0.5, 0.6) is 0 Å². The number of carbonyl (C=O) groups excluding carboxylic acids is 1. The summed E-state index contributed by atoms with van der Waals surface area (Å²) in [4.78, 5) is 21.4. The Hall–Kier alpha value is -2.89. The average molecular weight is 335 g/mol. The van der Waals surface area contributed by atoms with Crippen molar-refractivity contribution in [2.24, 2.45) is 0 Å². The number of amides is 1. The van der Waals surface area contributed by atoms with Crippen molar-refractivity contribution < 1.29 is 4.79 Å². The van der Waals surface area contributed by atoms with Crippen LogP contribution < -0.4 is 4.90 Å². The Labute approximate surface area is 146 Å². The SMILES string of the molecule is CCc1cc(N2CCN(C(=O)c3ccccc3)CC2)n2nccc2n1. The zero-order valence-corrected chi connectivity index (χ0v) is 14.3. The quantitative estimate of drug-likeness (QED) is 0.737. The molecule has 6 heteroatoms. The largest absolute Gasteiger partial charge is 0.353 e. The Balaban J connectivity index is 1.52. The zero-order valence-electron chi connectivity index (χ0n) is 14.3. The molecule has 1 saturated heterocycles. The fourth-order valence-electron chi connectivity index (χ4n) is 3.26. The third kappa shape index (κ3) is 2.95. The third-order valence-corrected chi connectivity index (χ3v) is 4.67. The number of hydrogen-bond donors (Lipinski definition) is 0. The van der Waals surface area contributed by atoms with E-state index in [2.05, 4.69) is 28.0 Å². The Morgan fingerprint density at radius 2 is 1.84 bits per heavy atom. The molecule has 3 aromatic rings. The highest BCUT2D eigenvalue weighted by molar-refractivity contribution is 5.94. The van der Waals surface area contributed by atoms with Gasteiger partial charge in [-0.15, -0.1) is 0 Å². The molecule has 0 aliphatic carbocycles. The van der Waals surface area contributed by atoms with Crippen molar-refractivity contribution >= 4 is 17.4 Å². The van der Waals surface area contributed by atoms with Crippen LogP contribution in [0.2, 0.25) is 0 Å². The topological polar surface area (TPSA) is 53.7 Å². The van der Waals surface area contributed by atoms with Crippen molar-refractivity contribution in [2.45, 2.75) is 13.3 Å². The van der Waals surface area contributed by atoms with Crippen LogP contribution >= 0.6 is 0 Å². The van der Waals surface area contributed by atoms with Gasteiger partial charge in [-0.25, -0.2) is 4.98 Å². The van der Waals surface area contributed by atoms with Crippen molar-refractivity contribution in [2.75, 3.05) is 31.1 Å². The first-order chi connectivity index (χ1) is 12.3. The van der Waals surface area contributed by atoms with E-state index in [-0.39, 0.29) is 5.91 Å². The van der Waals surface area contributed by atoms with Gasteiger partial charge in [0, 0.05) is 49.6 Å². The molecule has 1 aliphatic heterocycles. The van der Waals surface area contributed by atoms with E-state index in [9.17, 15) is 4.79 Å². The molecule has 3 heterocycles. The molecular weight excluding hydrogens is 314 g/mol. The van der Waals surface area contributed by atoms with Crippen molar-refractivity contribution in [3.63, 3.8) is 0 Å². The lowest BCUT2D eigenvalue weighted by atomic mass is 10.2. The molecule has 0 atom stereocenters. The Morgan fingerprint density at radius 3 is 2.56 bits per heavy atom. The smallest absolute Gasteiger partial charge is 0.253 e. The van der Waals surface area contributed by atoms with Gasteiger partial charge in [-0.2, -0.15) is 9.61 Å². The molecule has 0 spiro atoms. The second-order valence-corrected chi connectivity index (χ2v) is 6.21. The molecule has 0 saturated carbocycles. The van der Waals surface area contributed by atoms with Crippen LogP contribution in [-0.2, 0) is 6.42 Å². The number of rotatable bonds is 3. The number of hydrogen-bond acceptors (Lipinski definition) is 4. The predicted octanol–water partition coefficient (Wildman–Crippen LogP) is 2.25. The van der Waals surface area contributed by atoms with Gasteiger partial charge < -0.3 is 9.80 Å². The number of piperazine rings is 1. The minimum absolute atomic E-state index is 0.105. The van der Waals surface area contributed by atoms with E-state index >= 15 is 0 Å². The summed E-state index contributed by atoms with van der Waals surface area (Å²) in [7, 11) is 0. The van der Waals surface area contributed by atoms with E-state index < -0.39 is 0 Å². The number of fused-ring (bicyclic) bond motifs is 1. The summed E-state index contributed by atoms with van der Waals surface area (Å²) in [5, 5.41) is 4.40. The van der Waals surface area contributed by atoms with Gasteiger partial charge in [-0.3, -0.25) is 4.79 Å². The van der Waals surface area contributed by atoms with Gasteiger partial charge in [0.15, 0.2) is 5.65 Å². The predicted molar refractivity (Wildman–Crippen MR) is 96.9 cm³/mol. The minimum Gasteiger partial charge on any atom is -0.353 e. The first-order valence-corrected chi connectivity index (χ1v) is 8.69. The number of nitrogens with zero attached hydrogens (tertiary/aromatic N) is 5. The van der Waals surface area contributed by atoms with E-state index in [4.69, 9.17) is 0 Å². The molecule has 2 aromatic heterocycles. The summed E-state index contributed by atoms with van der Waals surface area (Å²) >= 11 is 0. The van der Waals surface area contributed by atoms with Crippen LogP contribution in [0.25, 0.3) is 5.65 Å². The third-order valence-electron chi connectivity index (χ3n) is 4.67. The molecule has 0 N–H and O–H groups in total. The van der Waals surface area contributed by atoms with Crippen LogP contribution in [0, 0.1) is 0 Å². The van der Waals surface area contributed by atoms with E-state index in [1.807, 2.05) is 45.8 Å². The monoisotopic (exact) mass is 335 g/mol. The lowest BCUT2D eigenvalue weighted by Gasteiger charge is -2.36. The molecule has 0 unspecified atom stereocenters. The molecule has 0 radical (unpaired) electrons. The second-order valence-electron chi connectivity index (χ2n) is 6.21. The molecule has 0 bridgehead atoms. The van der Waals surface area contributed by atoms with Gasteiger partial charge in [0.25, 0.3) is 5.91 Å². The molecule has 6 nitrogen and oxygen atoms in total. The molecule has 1 aliphatic rings. The van der Waals surface area contributed by atoms with Crippen LogP contribution in [-0.4, -0.2) is 51.6 Å². The van der Waals surface area contributed by atoms with Crippen LogP contribution in [0.15, 0.2) is 48.7 Å². The van der Waals surface area contributed by atoms with Crippen molar-refractivity contribution in [3.05, 3.63) is 59.9 Å². The number of aryl methyl sites for hydroxylation is 1. The molecule has 128 valence electrons. The lowest BCUT2D eigenvalue weighted by Crippen LogP contribution is -2.49. The van der Waals surface area contributed by atoms with Gasteiger partial charge in [0.2, 0.25) is 0 Å². The van der Waals surface area contributed by atoms with E-state index in [1.54, 1.807) is 6.20 Å². The van der Waals surface area contributed by atoms with Gasteiger partial charge in [0.1, 0.15) is 5.82 Å². The average Bonchev–Trinajstić information content (AvgIpc) is 3.16. The normalized spacial score (nSPS) is 14.9. The molecule has 25 heavy (non-hydrogen) atoms.